The maximum atomic E-state index is 15.3. The molecule has 60 heavy (non-hydrogen) atoms. The normalized spacial score (nSPS) is 24.6. The van der Waals surface area contributed by atoms with E-state index in [1.807, 2.05) is 48.6 Å². The van der Waals surface area contributed by atoms with Crippen molar-refractivity contribution in [3.05, 3.63) is 160 Å². The number of nitrogens with zero attached hydrogens (tertiary/aromatic N) is 2. The van der Waals surface area contributed by atoms with Crippen molar-refractivity contribution in [2.45, 2.75) is 24.2 Å². The third-order valence-corrected chi connectivity index (χ3v) is 12.8. The number of para-hydroxylation sites is 1. The molecule has 2 N–H and O–H groups in total. The minimum Gasteiger partial charge on any atom is -0.508 e. The molecule has 9 rings (SSSR count). The number of allylic oxidation sites excluding steroid dienone is 2. The van der Waals surface area contributed by atoms with Gasteiger partial charge in [-0.1, -0.05) is 77.9 Å². The lowest BCUT2D eigenvalue weighted by Crippen LogP contribution is -2.53. The highest BCUT2D eigenvalue weighted by Crippen LogP contribution is 2.65. The van der Waals surface area contributed by atoms with E-state index in [0.717, 1.165) is 16.1 Å². The molecule has 4 amide bonds. The number of imide groups is 2. The predicted octanol–water partition coefficient (Wildman–Crippen LogP) is 8.56. The summed E-state index contributed by atoms with van der Waals surface area (Å²) >= 11 is 6.38. The number of carbonyl (C=O) groups excluding carboxylic acids is 4. The fourth-order valence-corrected chi connectivity index (χ4v) is 10.0. The second-order valence-corrected chi connectivity index (χ2v) is 15.9. The minimum atomic E-state index is -1.60. The van der Waals surface area contributed by atoms with Crippen LogP contribution in [-0.4, -0.2) is 48.0 Å². The number of rotatable bonds is 9. The van der Waals surface area contributed by atoms with Crippen molar-refractivity contribution in [1.82, 2.24) is 5.01 Å². The number of anilines is 2. The molecule has 0 bridgehead atoms. The Bertz CT molecular complexity index is 2610. The molecule has 2 aliphatic carbocycles. The van der Waals surface area contributed by atoms with Crippen molar-refractivity contribution in [2.75, 3.05) is 24.5 Å². The Kier molecular flexibility index (Phi) is 9.79. The van der Waals surface area contributed by atoms with E-state index in [4.69, 9.17) is 21.1 Å². The number of aromatic hydroxyl groups is 1. The van der Waals surface area contributed by atoms with Crippen LogP contribution >= 0.6 is 11.6 Å². The summed E-state index contributed by atoms with van der Waals surface area (Å²) in [6, 6.07) is 31.4. The first-order valence-electron chi connectivity index (χ1n) is 19.6. The van der Waals surface area contributed by atoms with Crippen LogP contribution in [0.3, 0.4) is 0 Å². The quantitative estimate of drug-likeness (QED) is 0.0861. The van der Waals surface area contributed by atoms with E-state index in [0.29, 0.717) is 44.6 Å². The monoisotopic (exact) mass is 823 g/mol. The number of methoxy groups -OCH3 is 2. The van der Waals surface area contributed by atoms with Gasteiger partial charge in [0.15, 0.2) is 0 Å². The molecule has 302 valence electrons. The predicted molar refractivity (Wildman–Crippen MR) is 225 cm³/mol. The van der Waals surface area contributed by atoms with Gasteiger partial charge in [-0.15, -0.1) is 0 Å². The van der Waals surface area contributed by atoms with Crippen molar-refractivity contribution >= 4 is 58.8 Å². The number of phenolic OH excluding ortho intramolecular Hbond substituents is 1. The number of amides is 4. The Morgan fingerprint density at radius 3 is 2.25 bits per heavy atom. The van der Waals surface area contributed by atoms with E-state index in [1.54, 1.807) is 68.8 Å². The fraction of sp³-hybridized carbons (Fsp3) is 0.208. The number of carbonyl (C=O) groups is 4. The number of halogens is 2. The molecule has 0 radical (unpaired) electrons. The highest BCUT2D eigenvalue weighted by molar-refractivity contribution is 6.30. The number of fused-ring (bicyclic) bond motifs is 4. The van der Waals surface area contributed by atoms with Crippen LogP contribution in [0.15, 0.2) is 127 Å². The first-order chi connectivity index (χ1) is 29.0. The van der Waals surface area contributed by atoms with Gasteiger partial charge in [0.25, 0.3) is 11.8 Å². The standard InChI is InChI=1S/C48H39ClFN3O7/c1-59-34-21-24-41(60-2)28(25-34)10-7-27-8-19-33(20-9-27)52-44(55)37-23-22-35-38(42(37)46(52)57)26-39-45(56)53(51-32-17-15-31(50)16-18-32)47(58)48(39,29-11-13-30(49)14-12-29)43(35)36-5-3-4-6-40(36)54/h3-22,24-25,37-39,42-43,51,54H,23,26H2,1-2H3/t37-,38+,39-,42-,43+,48+/m0/s1. The molecule has 3 fully saturated rings. The minimum absolute atomic E-state index is 0.0657. The van der Waals surface area contributed by atoms with Gasteiger partial charge in [-0.25, -0.2) is 4.39 Å². The van der Waals surface area contributed by atoms with Crippen LogP contribution in [0, 0.1) is 29.5 Å². The Hall–Kier alpha value is -6.72. The van der Waals surface area contributed by atoms with Gasteiger partial charge < -0.3 is 14.6 Å². The van der Waals surface area contributed by atoms with Crippen LogP contribution < -0.4 is 19.8 Å². The van der Waals surface area contributed by atoms with Crippen LogP contribution in [0.4, 0.5) is 15.8 Å². The van der Waals surface area contributed by atoms with E-state index < -0.39 is 58.5 Å². The zero-order chi connectivity index (χ0) is 41.9. The van der Waals surface area contributed by atoms with Gasteiger partial charge in [0.2, 0.25) is 11.8 Å². The molecule has 0 aromatic heterocycles. The third-order valence-electron chi connectivity index (χ3n) is 12.5. The van der Waals surface area contributed by atoms with Gasteiger partial charge in [0, 0.05) is 22.1 Å². The van der Waals surface area contributed by atoms with E-state index in [-0.39, 0.29) is 24.5 Å². The van der Waals surface area contributed by atoms with Gasteiger partial charge in [-0.2, -0.15) is 5.01 Å². The molecule has 5 aromatic rings. The topological polar surface area (TPSA) is 125 Å². The van der Waals surface area contributed by atoms with Crippen LogP contribution in [0.1, 0.15) is 41.0 Å². The molecule has 5 aromatic carbocycles. The Morgan fingerprint density at radius 2 is 1.55 bits per heavy atom. The second-order valence-electron chi connectivity index (χ2n) is 15.5. The van der Waals surface area contributed by atoms with Crippen molar-refractivity contribution in [1.29, 1.82) is 0 Å². The summed E-state index contributed by atoms with van der Waals surface area (Å²) in [5.74, 6) is -5.23. The first kappa shape index (κ1) is 38.8. The molecular weight excluding hydrogens is 785 g/mol. The number of benzene rings is 5. The molecule has 6 atom stereocenters. The summed E-state index contributed by atoms with van der Waals surface area (Å²) in [5.41, 5.74) is 5.30. The third kappa shape index (κ3) is 6.14. The summed E-state index contributed by atoms with van der Waals surface area (Å²) in [6.45, 7) is 0. The number of ether oxygens (including phenoxy) is 2. The maximum absolute atomic E-state index is 15.3. The summed E-state index contributed by atoms with van der Waals surface area (Å²) in [7, 11) is 3.19. The molecular formula is C48H39ClFN3O7. The van der Waals surface area contributed by atoms with E-state index in [9.17, 15) is 23.9 Å². The lowest BCUT2D eigenvalue weighted by molar-refractivity contribution is -0.138. The summed E-state index contributed by atoms with van der Waals surface area (Å²) in [4.78, 5) is 60.5. The zero-order valence-electron chi connectivity index (χ0n) is 32.5. The van der Waals surface area contributed by atoms with Crippen LogP contribution in [0.25, 0.3) is 12.2 Å². The van der Waals surface area contributed by atoms with Crippen LogP contribution in [-0.2, 0) is 24.6 Å². The molecule has 1 saturated carbocycles. The second kappa shape index (κ2) is 15.1. The Labute approximate surface area is 350 Å². The van der Waals surface area contributed by atoms with E-state index in [2.05, 4.69) is 5.43 Å². The highest BCUT2D eigenvalue weighted by atomic mass is 35.5. The average Bonchev–Trinajstić information content (AvgIpc) is 3.64. The molecule has 0 unspecified atom stereocenters. The van der Waals surface area contributed by atoms with E-state index >= 15 is 4.79 Å². The number of hydrogen-bond acceptors (Lipinski definition) is 8. The Morgan fingerprint density at radius 1 is 0.817 bits per heavy atom. The van der Waals surface area contributed by atoms with Crippen molar-refractivity contribution in [3.8, 4) is 17.2 Å². The number of hydrazine groups is 1. The van der Waals surface area contributed by atoms with Crippen molar-refractivity contribution in [3.63, 3.8) is 0 Å². The molecule has 2 saturated heterocycles. The molecule has 2 heterocycles. The van der Waals surface area contributed by atoms with Gasteiger partial charge in [0.1, 0.15) is 23.1 Å². The van der Waals surface area contributed by atoms with Crippen LogP contribution in [0.2, 0.25) is 5.02 Å². The Balaban J connectivity index is 1.10. The number of nitrogens with one attached hydrogen (secondary N) is 1. The maximum Gasteiger partial charge on any atom is 0.260 e. The lowest BCUT2D eigenvalue weighted by Gasteiger charge is -2.50. The zero-order valence-corrected chi connectivity index (χ0v) is 33.3. The van der Waals surface area contributed by atoms with Crippen molar-refractivity contribution in [2.24, 2.45) is 23.7 Å². The summed E-state index contributed by atoms with van der Waals surface area (Å²) in [5, 5.41) is 12.9. The lowest BCUT2D eigenvalue weighted by atomic mass is 9.49. The number of hydrogen-bond donors (Lipinski definition) is 2. The van der Waals surface area contributed by atoms with Crippen LogP contribution in [0.5, 0.6) is 17.2 Å². The molecule has 12 heteroatoms. The molecule has 2 aliphatic heterocycles. The van der Waals surface area contributed by atoms with Gasteiger partial charge >= 0.3 is 0 Å². The summed E-state index contributed by atoms with van der Waals surface area (Å²) in [6.07, 6.45) is 6.00. The highest BCUT2D eigenvalue weighted by Gasteiger charge is 2.70. The van der Waals surface area contributed by atoms with E-state index in [1.165, 1.54) is 35.2 Å². The smallest absolute Gasteiger partial charge is 0.260 e. The van der Waals surface area contributed by atoms with Gasteiger partial charge in [-0.3, -0.25) is 29.5 Å². The van der Waals surface area contributed by atoms with Gasteiger partial charge in [-0.05, 0) is 103 Å². The molecule has 10 nitrogen and oxygen atoms in total. The molecule has 0 spiro atoms. The number of phenols is 1. The average molecular weight is 824 g/mol. The largest absolute Gasteiger partial charge is 0.508 e. The first-order valence-corrected chi connectivity index (χ1v) is 20.0. The summed E-state index contributed by atoms with van der Waals surface area (Å²) < 4.78 is 24.8. The molecule has 4 aliphatic rings. The van der Waals surface area contributed by atoms with Crippen molar-refractivity contribution < 1.29 is 38.1 Å². The fourth-order valence-electron chi connectivity index (χ4n) is 9.88. The van der Waals surface area contributed by atoms with Gasteiger partial charge in [0.05, 0.1) is 48.8 Å². The SMILES string of the molecule is COc1ccc(OC)c(C=Cc2ccc(N3C(=O)[C@H]4[C@H](CC=C5[C@H]4C[C@H]4C(=O)N(Nc6ccc(F)cc6)C(=O)[C@@]4(c4ccc(Cl)cc4)[C@H]5c4ccccc4O)C3=O)cc2)c1.